The van der Waals surface area contributed by atoms with Crippen molar-refractivity contribution in [2.75, 3.05) is 13.7 Å². The van der Waals surface area contributed by atoms with E-state index in [9.17, 15) is 4.79 Å². The van der Waals surface area contributed by atoms with Gasteiger partial charge in [-0.2, -0.15) is 0 Å². The summed E-state index contributed by atoms with van der Waals surface area (Å²) in [4.78, 5) is 12.2. The van der Waals surface area contributed by atoms with Crippen LogP contribution in [0.3, 0.4) is 0 Å². The van der Waals surface area contributed by atoms with Crippen LogP contribution in [-0.4, -0.2) is 25.6 Å². The summed E-state index contributed by atoms with van der Waals surface area (Å²) in [6.45, 7) is 0.874. The second-order valence-corrected chi connectivity index (χ2v) is 5.71. The van der Waals surface area contributed by atoms with Crippen LogP contribution in [0.1, 0.15) is 42.5 Å². The van der Waals surface area contributed by atoms with E-state index in [1.807, 2.05) is 18.2 Å². The van der Waals surface area contributed by atoms with Crippen LogP contribution < -0.4 is 4.74 Å². The lowest BCUT2D eigenvalue weighted by atomic mass is 10.0. The maximum Gasteiger partial charge on any atom is 0.166 e. The fraction of sp³-hybridized carbons (Fsp3) is 0.533. The van der Waals surface area contributed by atoms with Gasteiger partial charge < -0.3 is 9.47 Å². The molecule has 1 fully saturated rings. The van der Waals surface area contributed by atoms with E-state index in [0.29, 0.717) is 23.8 Å². The third kappa shape index (κ3) is 4.05. The van der Waals surface area contributed by atoms with Crippen LogP contribution in [0.5, 0.6) is 5.75 Å². The first kappa shape index (κ1) is 14.5. The van der Waals surface area contributed by atoms with E-state index in [1.54, 1.807) is 7.11 Å². The highest BCUT2D eigenvalue weighted by Crippen LogP contribution is 2.25. The molecule has 0 radical (unpaired) electrons. The highest BCUT2D eigenvalue weighted by molar-refractivity contribution is 9.10. The summed E-state index contributed by atoms with van der Waals surface area (Å²) in [5, 5.41) is 0. The number of benzene rings is 1. The Morgan fingerprint density at radius 2 is 2.37 bits per heavy atom. The van der Waals surface area contributed by atoms with Gasteiger partial charge in [0.25, 0.3) is 0 Å². The van der Waals surface area contributed by atoms with Gasteiger partial charge in [0, 0.05) is 17.5 Å². The van der Waals surface area contributed by atoms with E-state index in [0.717, 1.165) is 36.8 Å². The van der Waals surface area contributed by atoms with Crippen LogP contribution in [0.15, 0.2) is 22.7 Å². The number of Topliss-reactive ketones (excluding diaryl/α,β-unsaturated/α-hetero) is 1. The van der Waals surface area contributed by atoms with Crippen LogP contribution in [0.25, 0.3) is 0 Å². The molecule has 1 saturated heterocycles. The SMILES string of the molecule is COc1cc(Br)ccc1C(=O)CCCC1CCCO1. The van der Waals surface area contributed by atoms with Crippen molar-refractivity contribution in [2.24, 2.45) is 0 Å². The van der Waals surface area contributed by atoms with Gasteiger partial charge in [-0.05, 0) is 43.9 Å². The molecule has 0 amide bonds. The van der Waals surface area contributed by atoms with Crippen molar-refractivity contribution < 1.29 is 14.3 Å². The average molecular weight is 327 g/mol. The molecule has 104 valence electrons. The van der Waals surface area contributed by atoms with E-state index in [-0.39, 0.29) is 5.78 Å². The van der Waals surface area contributed by atoms with Gasteiger partial charge >= 0.3 is 0 Å². The van der Waals surface area contributed by atoms with Crippen molar-refractivity contribution in [3.63, 3.8) is 0 Å². The van der Waals surface area contributed by atoms with Gasteiger partial charge in [-0.1, -0.05) is 15.9 Å². The minimum Gasteiger partial charge on any atom is -0.496 e. The normalized spacial score (nSPS) is 18.5. The predicted molar refractivity (Wildman–Crippen MR) is 77.8 cm³/mol. The zero-order valence-electron chi connectivity index (χ0n) is 11.2. The van der Waals surface area contributed by atoms with Crippen LogP contribution in [-0.2, 0) is 4.74 Å². The molecule has 3 nitrogen and oxygen atoms in total. The number of ether oxygens (including phenoxy) is 2. The number of hydrogen-bond acceptors (Lipinski definition) is 3. The monoisotopic (exact) mass is 326 g/mol. The van der Waals surface area contributed by atoms with E-state index in [4.69, 9.17) is 9.47 Å². The molecule has 0 saturated carbocycles. The summed E-state index contributed by atoms with van der Waals surface area (Å²) >= 11 is 3.38. The van der Waals surface area contributed by atoms with E-state index >= 15 is 0 Å². The van der Waals surface area contributed by atoms with Gasteiger partial charge in [0.05, 0.1) is 18.8 Å². The minimum absolute atomic E-state index is 0.141. The van der Waals surface area contributed by atoms with Gasteiger partial charge in [0.15, 0.2) is 5.78 Å². The molecule has 1 heterocycles. The Labute approximate surface area is 122 Å². The lowest BCUT2D eigenvalue weighted by Gasteiger charge is -2.10. The average Bonchev–Trinajstić information content (AvgIpc) is 2.91. The molecule has 0 N–H and O–H groups in total. The lowest BCUT2D eigenvalue weighted by molar-refractivity contribution is 0.0921. The first-order valence-corrected chi connectivity index (χ1v) is 7.48. The standard InChI is InChI=1S/C15H19BrO3/c1-18-15-10-11(16)7-8-13(15)14(17)6-2-4-12-5-3-9-19-12/h7-8,10,12H,2-6,9H2,1H3. The van der Waals surface area contributed by atoms with Crippen molar-refractivity contribution >= 4 is 21.7 Å². The van der Waals surface area contributed by atoms with Crippen LogP contribution in [0, 0.1) is 0 Å². The molecule has 0 spiro atoms. The maximum absolute atomic E-state index is 12.2. The Kier molecular flexibility index (Phi) is 5.40. The largest absolute Gasteiger partial charge is 0.496 e. The summed E-state index contributed by atoms with van der Waals surface area (Å²) in [6.07, 6.45) is 5.06. The molecule has 1 aromatic carbocycles. The molecule has 0 bridgehead atoms. The Bertz CT molecular complexity index is 439. The Balaban J connectivity index is 1.88. The highest BCUT2D eigenvalue weighted by Gasteiger charge is 2.17. The summed E-state index contributed by atoms with van der Waals surface area (Å²) in [7, 11) is 1.59. The first-order valence-electron chi connectivity index (χ1n) is 6.69. The van der Waals surface area contributed by atoms with Crippen molar-refractivity contribution in [3.8, 4) is 5.75 Å². The third-order valence-corrected chi connectivity index (χ3v) is 3.91. The molecule has 0 aliphatic carbocycles. The van der Waals surface area contributed by atoms with Gasteiger partial charge in [0.1, 0.15) is 5.75 Å². The Hall–Kier alpha value is -0.870. The van der Waals surface area contributed by atoms with Gasteiger partial charge in [-0.3, -0.25) is 4.79 Å². The number of ketones is 1. The quantitative estimate of drug-likeness (QED) is 0.741. The predicted octanol–water partition coefficient (Wildman–Crippen LogP) is 3.99. The summed E-state index contributed by atoms with van der Waals surface area (Å²) in [5.41, 5.74) is 0.665. The molecular weight excluding hydrogens is 308 g/mol. The van der Waals surface area contributed by atoms with Gasteiger partial charge in [-0.15, -0.1) is 0 Å². The van der Waals surface area contributed by atoms with Crippen molar-refractivity contribution in [1.82, 2.24) is 0 Å². The summed E-state index contributed by atoms with van der Waals surface area (Å²) < 4.78 is 11.7. The number of carbonyl (C=O) groups is 1. The van der Waals surface area contributed by atoms with E-state index in [2.05, 4.69) is 15.9 Å². The molecule has 2 rings (SSSR count). The van der Waals surface area contributed by atoms with Gasteiger partial charge in [-0.25, -0.2) is 0 Å². The fourth-order valence-corrected chi connectivity index (χ4v) is 2.73. The van der Waals surface area contributed by atoms with E-state index < -0.39 is 0 Å². The molecule has 4 heteroatoms. The topological polar surface area (TPSA) is 35.5 Å². The number of halogens is 1. The van der Waals surface area contributed by atoms with Crippen LogP contribution in [0.2, 0.25) is 0 Å². The second kappa shape index (κ2) is 7.06. The molecular formula is C15H19BrO3. The Morgan fingerprint density at radius 1 is 1.53 bits per heavy atom. The minimum atomic E-state index is 0.141. The third-order valence-electron chi connectivity index (χ3n) is 3.42. The zero-order chi connectivity index (χ0) is 13.7. The smallest absolute Gasteiger partial charge is 0.166 e. The molecule has 1 aliphatic heterocycles. The van der Waals surface area contributed by atoms with E-state index in [1.165, 1.54) is 0 Å². The van der Waals surface area contributed by atoms with Crippen molar-refractivity contribution in [3.05, 3.63) is 28.2 Å². The Morgan fingerprint density at radius 3 is 3.05 bits per heavy atom. The number of rotatable bonds is 6. The van der Waals surface area contributed by atoms with Gasteiger partial charge in [0.2, 0.25) is 0 Å². The second-order valence-electron chi connectivity index (χ2n) is 4.80. The number of hydrogen-bond donors (Lipinski definition) is 0. The molecule has 1 atom stereocenters. The number of methoxy groups -OCH3 is 1. The molecule has 1 aliphatic rings. The fourth-order valence-electron chi connectivity index (χ4n) is 2.39. The summed E-state index contributed by atoms with van der Waals surface area (Å²) in [6, 6.07) is 5.51. The first-order chi connectivity index (χ1) is 9.20. The van der Waals surface area contributed by atoms with Crippen molar-refractivity contribution in [2.45, 2.75) is 38.2 Å². The molecule has 0 aromatic heterocycles. The zero-order valence-corrected chi connectivity index (χ0v) is 12.7. The van der Waals surface area contributed by atoms with Crippen molar-refractivity contribution in [1.29, 1.82) is 0 Å². The van der Waals surface area contributed by atoms with Crippen LogP contribution >= 0.6 is 15.9 Å². The molecule has 19 heavy (non-hydrogen) atoms. The lowest BCUT2D eigenvalue weighted by Crippen LogP contribution is -2.07. The summed E-state index contributed by atoms with van der Waals surface area (Å²) in [5.74, 6) is 0.777. The molecule has 1 unspecified atom stereocenters. The highest BCUT2D eigenvalue weighted by atomic mass is 79.9. The molecule has 1 aromatic rings. The van der Waals surface area contributed by atoms with Crippen LogP contribution in [0.4, 0.5) is 0 Å². The maximum atomic E-state index is 12.2. The number of carbonyl (C=O) groups excluding carboxylic acids is 1.